The van der Waals surface area contributed by atoms with Gasteiger partial charge in [0.2, 0.25) is 0 Å². The van der Waals surface area contributed by atoms with E-state index in [9.17, 15) is 5.11 Å². The van der Waals surface area contributed by atoms with Gasteiger partial charge in [-0.05, 0) is 25.7 Å². The topological polar surface area (TPSA) is 32.3 Å². The predicted molar refractivity (Wildman–Crippen MR) is 55.7 cm³/mol. The lowest BCUT2D eigenvalue weighted by molar-refractivity contribution is 0.0120. The van der Waals surface area contributed by atoms with Crippen molar-refractivity contribution in [1.29, 1.82) is 0 Å². The second-order valence-electron chi connectivity index (χ2n) is 4.87. The van der Waals surface area contributed by atoms with Crippen molar-refractivity contribution in [2.75, 3.05) is 6.54 Å². The van der Waals surface area contributed by atoms with Gasteiger partial charge in [0.25, 0.3) is 0 Å². The molecule has 2 heteroatoms. The fourth-order valence-electron chi connectivity index (χ4n) is 1.69. The van der Waals surface area contributed by atoms with Crippen LogP contribution in [-0.4, -0.2) is 23.3 Å². The van der Waals surface area contributed by atoms with Gasteiger partial charge in [-0.3, -0.25) is 0 Å². The minimum atomic E-state index is -0.553. The Labute approximate surface area is 81.7 Å². The Hall–Kier alpha value is -0.0800. The van der Waals surface area contributed by atoms with E-state index >= 15 is 0 Å². The molecule has 0 radical (unpaired) electrons. The summed E-state index contributed by atoms with van der Waals surface area (Å²) >= 11 is 0. The van der Waals surface area contributed by atoms with Crippen molar-refractivity contribution in [3.05, 3.63) is 0 Å². The summed E-state index contributed by atoms with van der Waals surface area (Å²) in [5.41, 5.74) is -0.553. The van der Waals surface area contributed by atoms with Crippen LogP contribution in [0.2, 0.25) is 0 Å². The molecule has 0 heterocycles. The SMILES string of the molecule is CC(C)C(C)(O)CNC1CCCC1. The van der Waals surface area contributed by atoms with E-state index in [1.165, 1.54) is 25.7 Å². The molecule has 1 rings (SSSR count). The van der Waals surface area contributed by atoms with Gasteiger partial charge in [0.05, 0.1) is 5.60 Å². The number of hydrogen-bond donors (Lipinski definition) is 2. The van der Waals surface area contributed by atoms with Gasteiger partial charge in [0.1, 0.15) is 0 Å². The quantitative estimate of drug-likeness (QED) is 0.701. The van der Waals surface area contributed by atoms with E-state index in [0.29, 0.717) is 12.0 Å². The summed E-state index contributed by atoms with van der Waals surface area (Å²) in [6.07, 6.45) is 5.27. The van der Waals surface area contributed by atoms with Crippen molar-refractivity contribution in [3.63, 3.8) is 0 Å². The average Bonchev–Trinajstić information content (AvgIpc) is 2.52. The molecule has 0 spiro atoms. The summed E-state index contributed by atoms with van der Waals surface area (Å²) in [4.78, 5) is 0. The third kappa shape index (κ3) is 3.28. The number of hydrogen-bond acceptors (Lipinski definition) is 2. The predicted octanol–water partition coefficient (Wildman–Crippen LogP) is 1.93. The van der Waals surface area contributed by atoms with Crippen LogP contribution >= 0.6 is 0 Å². The van der Waals surface area contributed by atoms with Gasteiger partial charge >= 0.3 is 0 Å². The molecule has 0 aromatic heterocycles. The molecule has 0 aromatic carbocycles. The molecule has 0 aromatic rings. The van der Waals surface area contributed by atoms with Crippen molar-refractivity contribution in [2.45, 2.75) is 58.1 Å². The second-order valence-corrected chi connectivity index (χ2v) is 4.87. The van der Waals surface area contributed by atoms with Gasteiger partial charge in [0.15, 0.2) is 0 Å². The summed E-state index contributed by atoms with van der Waals surface area (Å²) in [6, 6.07) is 0.658. The molecule has 78 valence electrons. The van der Waals surface area contributed by atoms with Crippen LogP contribution in [0.1, 0.15) is 46.5 Å². The van der Waals surface area contributed by atoms with Gasteiger partial charge in [-0.25, -0.2) is 0 Å². The Morgan fingerprint density at radius 3 is 2.38 bits per heavy atom. The van der Waals surface area contributed by atoms with Gasteiger partial charge in [-0.1, -0.05) is 26.7 Å². The van der Waals surface area contributed by atoms with Crippen molar-refractivity contribution < 1.29 is 5.11 Å². The fraction of sp³-hybridized carbons (Fsp3) is 1.00. The molecule has 1 fully saturated rings. The summed E-state index contributed by atoms with van der Waals surface area (Å²) < 4.78 is 0. The molecule has 2 nitrogen and oxygen atoms in total. The van der Waals surface area contributed by atoms with Crippen molar-refractivity contribution in [1.82, 2.24) is 5.32 Å². The highest BCUT2D eigenvalue weighted by atomic mass is 16.3. The first-order valence-corrected chi connectivity index (χ1v) is 5.48. The Kier molecular flexibility index (Phi) is 3.74. The van der Waals surface area contributed by atoms with Crippen LogP contribution in [0.3, 0.4) is 0 Å². The minimum absolute atomic E-state index is 0.321. The van der Waals surface area contributed by atoms with Crippen LogP contribution < -0.4 is 5.32 Å². The third-order valence-corrected chi connectivity index (χ3v) is 3.35. The Balaban J connectivity index is 2.24. The molecule has 13 heavy (non-hydrogen) atoms. The maximum atomic E-state index is 9.99. The van der Waals surface area contributed by atoms with E-state index in [1.807, 2.05) is 6.92 Å². The van der Waals surface area contributed by atoms with E-state index in [4.69, 9.17) is 0 Å². The van der Waals surface area contributed by atoms with Crippen molar-refractivity contribution >= 4 is 0 Å². The molecule has 2 N–H and O–H groups in total. The summed E-state index contributed by atoms with van der Waals surface area (Å²) in [5, 5.41) is 13.4. The molecule has 1 aliphatic carbocycles. The molecule has 1 saturated carbocycles. The molecule has 0 amide bonds. The molecular weight excluding hydrogens is 162 g/mol. The molecule has 0 saturated heterocycles. The van der Waals surface area contributed by atoms with Gasteiger partial charge in [-0.2, -0.15) is 0 Å². The zero-order valence-electron chi connectivity index (χ0n) is 9.14. The smallest absolute Gasteiger partial charge is 0.0766 e. The van der Waals surface area contributed by atoms with Gasteiger partial charge in [0, 0.05) is 12.6 Å². The zero-order chi connectivity index (χ0) is 9.90. The highest BCUT2D eigenvalue weighted by Gasteiger charge is 2.26. The van der Waals surface area contributed by atoms with Crippen molar-refractivity contribution in [2.24, 2.45) is 5.92 Å². The van der Waals surface area contributed by atoms with Crippen LogP contribution in [0.5, 0.6) is 0 Å². The van der Waals surface area contributed by atoms with Gasteiger partial charge < -0.3 is 10.4 Å². The largest absolute Gasteiger partial charge is 0.389 e. The normalized spacial score (nSPS) is 23.8. The lowest BCUT2D eigenvalue weighted by Crippen LogP contribution is -2.45. The number of aliphatic hydroxyl groups is 1. The highest BCUT2D eigenvalue weighted by molar-refractivity contribution is 4.82. The molecule has 1 unspecified atom stereocenters. The van der Waals surface area contributed by atoms with E-state index < -0.39 is 5.60 Å². The van der Waals surface area contributed by atoms with Crippen LogP contribution in [0, 0.1) is 5.92 Å². The number of rotatable bonds is 4. The first kappa shape index (κ1) is 11.0. The molecule has 0 bridgehead atoms. The van der Waals surface area contributed by atoms with E-state index in [0.717, 1.165) is 6.54 Å². The average molecular weight is 185 g/mol. The Morgan fingerprint density at radius 1 is 1.38 bits per heavy atom. The fourth-order valence-corrected chi connectivity index (χ4v) is 1.69. The lowest BCUT2D eigenvalue weighted by atomic mass is 9.92. The van der Waals surface area contributed by atoms with Crippen LogP contribution in [0.4, 0.5) is 0 Å². The van der Waals surface area contributed by atoms with Gasteiger partial charge in [-0.15, -0.1) is 0 Å². The first-order chi connectivity index (χ1) is 6.02. The van der Waals surface area contributed by atoms with Crippen LogP contribution in [-0.2, 0) is 0 Å². The molecule has 1 atom stereocenters. The molecular formula is C11H23NO. The standard InChI is InChI=1S/C11H23NO/c1-9(2)11(3,13)8-12-10-6-4-5-7-10/h9-10,12-13H,4-8H2,1-3H3. The zero-order valence-corrected chi connectivity index (χ0v) is 9.14. The molecule has 1 aliphatic rings. The number of nitrogens with one attached hydrogen (secondary N) is 1. The van der Waals surface area contributed by atoms with E-state index in [1.54, 1.807) is 0 Å². The Bertz CT molecular complexity index is 148. The second kappa shape index (κ2) is 4.43. The van der Waals surface area contributed by atoms with E-state index in [2.05, 4.69) is 19.2 Å². The summed E-state index contributed by atoms with van der Waals surface area (Å²) in [6.45, 7) is 6.78. The minimum Gasteiger partial charge on any atom is -0.389 e. The van der Waals surface area contributed by atoms with Crippen LogP contribution in [0.15, 0.2) is 0 Å². The summed E-state index contributed by atoms with van der Waals surface area (Å²) in [7, 11) is 0. The third-order valence-electron chi connectivity index (χ3n) is 3.35. The maximum Gasteiger partial charge on any atom is 0.0766 e. The molecule has 0 aliphatic heterocycles. The monoisotopic (exact) mass is 185 g/mol. The van der Waals surface area contributed by atoms with Crippen molar-refractivity contribution in [3.8, 4) is 0 Å². The van der Waals surface area contributed by atoms with Crippen LogP contribution in [0.25, 0.3) is 0 Å². The summed E-state index contributed by atoms with van der Waals surface area (Å²) in [5.74, 6) is 0.321. The highest BCUT2D eigenvalue weighted by Crippen LogP contribution is 2.20. The van der Waals surface area contributed by atoms with E-state index in [-0.39, 0.29) is 0 Å². The Morgan fingerprint density at radius 2 is 1.92 bits per heavy atom. The first-order valence-electron chi connectivity index (χ1n) is 5.48. The maximum absolute atomic E-state index is 9.99. The lowest BCUT2D eigenvalue weighted by Gasteiger charge is -2.29.